The molecule has 1 N–H and O–H groups in total. The second-order valence-electron chi connectivity index (χ2n) is 5.82. The van der Waals surface area contributed by atoms with Crippen molar-refractivity contribution in [3.8, 4) is 0 Å². The van der Waals surface area contributed by atoms with Gasteiger partial charge in [0.1, 0.15) is 0 Å². The minimum atomic E-state index is 0.180. The van der Waals surface area contributed by atoms with Gasteiger partial charge in [-0.05, 0) is 6.42 Å². The summed E-state index contributed by atoms with van der Waals surface area (Å²) in [5.74, 6) is 1.00. The molecule has 0 unspecified atom stereocenters. The van der Waals surface area contributed by atoms with Crippen LogP contribution < -0.4 is 0 Å². The molecule has 0 bridgehead atoms. The number of allylic oxidation sites excluding steroid dienone is 1. The number of hydrogen-bond donors (Lipinski definition) is 1. The minimum absolute atomic E-state index is 0.180. The third kappa shape index (κ3) is 9.86. The average Bonchev–Trinajstić information content (AvgIpc) is 3.11. The van der Waals surface area contributed by atoms with Crippen LogP contribution in [0.5, 0.6) is 0 Å². The van der Waals surface area contributed by atoms with Gasteiger partial charge in [0, 0.05) is 6.42 Å². The first-order valence-corrected chi connectivity index (χ1v) is 8.44. The van der Waals surface area contributed by atoms with Crippen LogP contribution in [-0.2, 0) is 4.74 Å². The number of hydrogen-bond acceptors (Lipinski definition) is 2. The molecule has 0 atom stereocenters. The van der Waals surface area contributed by atoms with E-state index in [0.717, 1.165) is 18.6 Å². The Morgan fingerprint density at radius 3 is 1.42 bits per heavy atom. The van der Waals surface area contributed by atoms with Gasteiger partial charge in [-0.15, -0.1) is 0 Å². The lowest BCUT2D eigenvalue weighted by atomic mass is 10.0. The van der Waals surface area contributed by atoms with Gasteiger partial charge in [-0.25, -0.2) is 0 Å². The molecule has 0 saturated heterocycles. The van der Waals surface area contributed by atoms with Gasteiger partial charge < -0.3 is 9.84 Å². The molecule has 1 rings (SSSR count). The molecule has 0 spiro atoms. The summed E-state index contributed by atoms with van der Waals surface area (Å²) in [5.41, 5.74) is 0. The normalized spacial score (nSPS) is 13.7. The predicted molar refractivity (Wildman–Crippen MR) is 81.1 cm³/mol. The van der Waals surface area contributed by atoms with Crippen LogP contribution in [0.3, 0.4) is 0 Å². The summed E-state index contributed by atoms with van der Waals surface area (Å²) < 4.78 is 4.81. The maximum atomic E-state index is 8.88. The Hall–Kier alpha value is -0.660. The third-order valence-corrected chi connectivity index (χ3v) is 3.92. The molecule has 0 aromatic heterocycles. The van der Waals surface area contributed by atoms with Gasteiger partial charge >= 0.3 is 5.95 Å². The van der Waals surface area contributed by atoms with Gasteiger partial charge in [0.05, 0.1) is 0 Å². The molecule has 2 heteroatoms. The number of aliphatic hydroxyl groups excluding tert-OH is 1. The van der Waals surface area contributed by atoms with Crippen LogP contribution in [0.1, 0.15) is 96.8 Å². The number of ether oxygens (including phenoxy) is 1. The van der Waals surface area contributed by atoms with Crippen molar-refractivity contribution in [1.29, 1.82) is 0 Å². The summed E-state index contributed by atoms with van der Waals surface area (Å²) in [7, 11) is 0. The van der Waals surface area contributed by atoms with Crippen molar-refractivity contribution in [2.45, 2.75) is 96.8 Å². The highest BCUT2D eigenvalue weighted by molar-refractivity contribution is 5.08. The van der Waals surface area contributed by atoms with Crippen molar-refractivity contribution in [1.82, 2.24) is 0 Å². The van der Waals surface area contributed by atoms with E-state index in [1.807, 2.05) is 0 Å². The summed E-state index contributed by atoms with van der Waals surface area (Å²) in [6.45, 7) is 2.28. The average molecular weight is 268 g/mol. The number of aliphatic hydroxyl groups is 1. The zero-order valence-electron chi connectivity index (χ0n) is 12.8. The molecular weight excluding hydrogens is 236 g/mol. The van der Waals surface area contributed by atoms with Crippen molar-refractivity contribution in [2.24, 2.45) is 0 Å². The molecule has 0 aromatic rings. The Kier molecular flexibility index (Phi) is 9.66. The summed E-state index contributed by atoms with van der Waals surface area (Å²) in [5, 5.41) is 8.88. The van der Waals surface area contributed by atoms with Crippen LogP contribution in [0.15, 0.2) is 11.7 Å². The standard InChI is InChI=1S/C17H32O2/c1-2-3-4-5-6-7-8-9-10-11-12-13-14-15-16-17(18)19-16/h18H,2-15H2,1H3. The molecule has 1 aliphatic heterocycles. The molecule has 0 fully saturated rings. The van der Waals surface area contributed by atoms with Gasteiger partial charge in [-0.3, -0.25) is 0 Å². The molecule has 0 saturated carbocycles. The molecule has 0 amide bonds. The van der Waals surface area contributed by atoms with Crippen molar-refractivity contribution in [3.05, 3.63) is 11.7 Å². The van der Waals surface area contributed by atoms with E-state index in [9.17, 15) is 0 Å². The highest BCUT2D eigenvalue weighted by atomic mass is 16.7. The molecule has 1 heterocycles. The maximum absolute atomic E-state index is 8.88. The van der Waals surface area contributed by atoms with E-state index in [-0.39, 0.29) is 5.95 Å². The van der Waals surface area contributed by atoms with E-state index in [1.54, 1.807) is 0 Å². The van der Waals surface area contributed by atoms with Crippen molar-refractivity contribution in [3.63, 3.8) is 0 Å². The molecule has 0 aliphatic carbocycles. The monoisotopic (exact) mass is 268 g/mol. The largest absolute Gasteiger partial charge is 0.478 e. The SMILES string of the molecule is CCCCCCCCCCCCCCCC1=C(O)O1. The Morgan fingerprint density at radius 1 is 0.684 bits per heavy atom. The molecule has 19 heavy (non-hydrogen) atoms. The quantitative estimate of drug-likeness (QED) is 0.379. The lowest BCUT2D eigenvalue weighted by Crippen LogP contribution is -1.83. The predicted octanol–water partition coefficient (Wildman–Crippen LogP) is 6.23. The molecule has 1 aliphatic rings. The van der Waals surface area contributed by atoms with E-state index in [0.29, 0.717) is 0 Å². The van der Waals surface area contributed by atoms with E-state index in [4.69, 9.17) is 9.84 Å². The van der Waals surface area contributed by atoms with Crippen LogP contribution in [-0.4, -0.2) is 5.11 Å². The van der Waals surface area contributed by atoms with Crippen LogP contribution in [0.4, 0.5) is 0 Å². The van der Waals surface area contributed by atoms with Crippen LogP contribution >= 0.6 is 0 Å². The van der Waals surface area contributed by atoms with Gasteiger partial charge in [-0.2, -0.15) is 0 Å². The molecule has 0 radical (unpaired) electrons. The van der Waals surface area contributed by atoms with Crippen molar-refractivity contribution in [2.75, 3.05) is 0 Å². The fourth-order valence-electron chi connectivity index (χ4n) is 2.55. The third-order valence-electron chi connectivity index (χ3n) is 3.92. The fraction of sp³-hybridized carbons (Fsp3) is 0.882. The maximum Gasteiger partial charge on any atom is 0.322 e. The topological polar surface area (TPSA) is 32.8 Å². The summed E-state index contributed by atoms with van der Waals surface area (Å²) in [6.07, 6.45) is 18.9. The van der Waals surface area contributed by atoms with Gasteiger partial charge in [0.2, 0.25) is 0 Å². The van der Waals surface area contributed by atoms with E-state index in [1.165, 1.54) is 77.0 Å². The summed E-state index contributed by atoms with van der Waals surface area (Å²) in [6, 6.07) is 0. The summed E-state index contributed by atoms with van der Waals surface area (Å²) >= 11 is 0. The van der Waals surface area contributed by atoms with E-state index < -0.39 is 0 Å². The first-order valence-electron chi connectivity index (χ1n) is 8.44. The first-order chi connectivity index (χ1) is 9.34. The Morgan fingerprint density at radius 2 is 1.05 bits per heavy atom. The van der Waals surface area contributed by atoms with Crippen molar-refractivity contribution < 1.29 is 9.84 Å². The van der Waals surface area contributed by atoms with Crippen molar-refractivity contribution >= 4 is 0 Å². The van der Waals surface area contributed by atoms with Gasteiger partial charge in [0.15, 0.2) is 5.76 Å². The summed E-state index contributed by atoms with van der Waals surface area (Å²) in [4.78, 5) is 0. The Balaban J connectivity index is 1.65. The van der Waals surface area contributed by atoms with Crippen LogP contribution in [0.2, 0.25) is 0 Å². The molecule has 2 nitrogen and oxygen atoms in total. The second-order valence-corrected chi connectivity index (χ2v) is 5.82. The van der Waals surface area contributed by atoms with E-state index >= 15 is 0 Å². The molecule has 112 valence electrons. The van der Waals surface area contributed by atoms with E-state index in [2.05, 4.69) is 6.92 Å². The van der Waals surface area contributed by atoms with Gasteiger partial charge in [-0.1, -0.05) is 84.0 Å². The molecular formula is C17H32O2. The van der Waals surface area contributed by atoms with Crippen LogP contribution in [0.25, 0.3) is 0 Å². The van der Waals surface area contributed by atoms with Gasteiger partial charge in [0.25, 0.3) is 0 Å². The van der Waals surface area contributed by atoms with Crippen LogP contribution in [0, 0.1) is 0 Å². The second kappa shape index (κ2) is 11.2. The number of unbranched alkanes of at least 4 members (excludes halogenated alkanes) is 12. The Bertz CT molecular complexity index is 246. The minimum Gasteiger partial charge on any atom is -0.478 e. The smallest absolute Gasteiger partial charge is 0.322 e. The highest BCUT2D eigenvalue weighted by Gasteiger charge is 2.22. The Labute approximate surface area is 119 Å². The number of rotatable bonds is 14. The zero-order chi connectivity index (χ0) is 13.8. The highest BCUT2D eigenvalue weighted by Crippen LogP contribution is 2.28. The lowest BCUT2D eigenvalue weighted by Gasteiger charge is -2.02. The zero-order valence-corrected chi connectivity index (χ0v) is 12.8. The fourth-order valence-corrected chi connectivity index (χ4v) is 2.55. The first kappa shape index (κ1) is 16.4. The lowest BCUT2D eigenvalue weighted by molar-refractivity contribution is 0.273. The molecule has 0 aromatic carbocycles.